The summed E-state index contributed by atoms with van der Waals surface area (Å²) in [5.41, 5.74) is 5.72. The van der Waals surface area contributed by atoms with E-state index < -0.39 is 12.1 Å². The zero-order valence-corrected chi connectivity index (χ0v) is 17.7. The number of carboxylic acids is 1. The maximum atomic E-state index is 10.6. The lowest BCUT2D eigenvalue weighted by Crippen LogP contribution is -2.21. The number of nitrogens with one attached hydrogen (secondary N) is 2. The zero-order chi connectivity index (χ0) is 23.8. The molecule has 0 aliphatic carbocycles. The van der Waals surface area contributed by atoms with Crippen LogP contribution in [-0.4, -0.2) is 27.2 Å². The topological polar surface area (TPSA) is 87.2 Å². The minimum atomic E-state index is -5.08. The monoisotopic (exact) mass is 457 g/mol. The summed E-state index contributed by atoms with van der Waals surface area (Å²) >= 11 is 0. The summed E-state index contributed by atoms with van der Waals surface area (Å²) < 4.78 is 37.7. The molecule has 172 valence electrons. The van der Waals surface area contributed by atoms with Gasteiger partial charge in [0.1, 0.15) is 11.5 Å². The number of nitrogens with zero attached hydrogens (tertiary/aromatic N) is 1. The molecule has 33 heavy (non-hydrogen) atoms. The van der Waals surface area contributed by atoms with Crippen LogP contribution in [-0.2, 0) is 17.9 Å². The molecule has 3 N–H and O–H groups in total. The molecule has 0 radical (unpaired) electrons. The maximum Gasteiger partial charge on any atom is 0.490 e. The minimum absolute atomic E-state index is 0.798. The number of benzene rings is 3. The Kier molecular flexibility index (Phi) is 7.68. The van der Waals surface area contributed by atoms with Gasteiger partial charge in [-0.15, -0.1) is 0 Å². The predicted octanol–water partition coefficient (Wildman–Crippen LogP) is 5.59. The van der Waals surface area contributed by atoms with Crippen molar-refractivity contribution in [1.82, 2.24) is 15.3 Å². The Hall–Kier alpha value is -3.85. The lowest BCUT2D eigenvalue weighted by atomic mass is 10.1. The highest BCUT2D eigenvalue weighted by molar-refractivity contribution is 5.76. The third kappa shape index (κ3) is 7.36. The van der Waals surface area contributed by atoms with Gasteiger partial charge in [0.15, 0.2) is 0 Å². The number of halogens is 3. The second-order valence-electron chi connectivity index (χ2n) is 7.22. The van der Waals surface area contributed by atoms with Gasteiger partial charge in [-0.2, -0.15) is 13.2 Å². The molecule has 0 spiro atoms. The number of H-pyrrole nitrogens is 1. The van der Waals surface area contributed by atoms with Crippen molar-refractivity contribution in [1.29, 1.82) is 0 Å². The normalized spacial score (nSPS) is 11.0. The minimum Gasteiger partial charge on any atom is -0.475 e. The van der Waals surface area contributed by atoms with E-state index in [9.17, 15) is 13.2 Å². The number of rotatable bonds is 6. The molecule has 0 atom stereocenters. The Balaban J connectivity index is 0.000000383. The standard InChI is InChI=1S/C22H21N3O.C2HF3O2/c1-16-2-4-17(5-3-16)13-23-14-18-6-8-19(9-7-18)26-20-10-11-21-22(12-20)25-15-24-21;3-2(4,5)1(6)7/h2-12,15,23H,13-14H2,1H3,(H,24,25);(H,6,7). The Labute approximate surface area is 188 Å². The molecular weight excluding hydrogens is 435 g/mol. The van der Waals surface area contributed by atoms with Crippen molar-refractivity contribution >= 4 is 17.0 Å². The molecular formula is C24H22F3N3O3. The number of aromatic amines is 1. The number of aromatic nitrogens is 2. The third-order valence-electron chi connectivity index (χ3n) is 4.57. The first-order chi connectivity index (χ1) is 15.7. The molecule has 1 heterocycles. The van der Waals surface area contributed by atoms with Gasteiger partial charge in [-0.3, -0.25) is 0 Å². The van der Waals surface area contributed by atoms with Gasteiger partial charge < -0.3 is 20.1 Å². The van der Waals surface area contributed by atoms with Crippen LogP contribution in [0.5, 0.6) is 11.5 Å². The van der Waals surface area contributed by atoms with Gasteiger partial charge in [0.05, 0.1) is 17.4 Å². The number of aryl methyl sites for hydroxylation is 1. The van der Waals surface area contributed by atoms with Crippen molar-refractivity contribution in [2.45, 2.75) is 26.2 Å². The number of hydrogen-bond acceptors (Lipinski definition) is 4. The Morgan fingerprint density at radius 2 is 1.52 bits per heavy atom. The molecule has 0 amide bonds. The summed E-state index contributed by atoms with van der Waals surface area (Å²) in [4.78, 5) is 16.2. The van der Waals surface area contributed by atoms with Crippen LogP contribution < -0.4 is 10.1 Å². The fourth-order valence-corrected chi connectivity index (χ4v) is 2.85. The first-order valence-corrected chi connectivity index (χ1v) is 9.97. The molecule has 0 aliphatic rings. The average molecular weight is 457 g/mol. The molecule has 4 aromatic rings. The highest BCUT2D eigenvalue weighted by atomic mass is 19.4. The van der Waals surface area contributed by atoms with Gasteiger partial charge in [0.2, 0.25) is 0 Å². The molecule has 0 fully saturated rings. The first kappa shape index (κ1) is 23.8. The number of hydrogen-bond donors (Lipinski definition) is 3. The van der Waals surface area contributed by atoms with Crippen molar-refractivity contribution in [3.05, 3.63) is 89.7 Å². The van der Waals surface area contributed by atoms with Crippen LogP contribution in [0.2, 0.25) is 0 Å². The first-order valence-electron chi connectivity index (χ1n) is 9.97. The lowest BCUT2D eigenvalue weighted by Gasteiger charge is -2.08. The molecule has 3 aromatic carbocycles. The smallest absolute Gasteiger partial charge is 0.475 e. The maximum absolute atomic E-state index is 10.6. The second-order valence-corrected chi connectivity index (χ2v) is 7.22. The molecule has 0 aliphatic heterocycles. The van der Waals surface area contributed by atoms with E-state index in [0.29, 0.717) is 0 Å². The van der Waals surface area contributed by atoms with Gasteiger partial charge in [-0.1, -0.05) is 42.0 Å². The third-order valence-corrected chi connectivity index (χ3v) is 4.57. The van der Waals surface area contributed by atoms with Crippen LogP contribution in [0.1, 0.15) is 16.7 Å². The molecule has 1 aromatic heterocycles. The van der Waals surface area contributed by atoms with Crippen LogP contribution in [0.4, 0.5) is 13.2 Å². The summed E-state index contributed by atoms with van der Waals surface area (Å²) in [5, 5.41) is 10.6. The summed E-state index contributed by atoms with van der Waals surface area (Å²) in [7, 11) is 0. The number of fused-ring (bicyclic) bond motifs is 1. The average Bonchev–Trinajstić information content (AvgIpc) is 3.24. The second kappa shape index (κ2) is 10.6. The Morgan fingerprint density at radius 3 is 2.09 bits per heavy atom. The molecule has 9 heteroatoms. The van der Waals surface area contributed by atoms with Crippen molar-refractivity contribution < 1.29 is 27.8 Å². The molecule has 6 nitrogen and oxygen atoms in total. The van der Waals surface area contributed by atoms with E-state index in [-0.39, 0.29) is 0 Å². The van der Waals surface area contributed by atoms with Crippen LogP contribution in [0, 0.1) is 6.92 Å². The number of carboxylic acid groups (broad SMARTS) is 1. The van der Waals surface area contributed by atoms with E-state index in [1.54, 1.807) is 6.33 Å². The van der Waals surface area contributed by atoms with E-state index in [0.717, 1.165) is 35.6 Å². The fourth-order valence-electron chi connectivity index (χ4n) is 2.85. The van der Waals surface area contributed by atoms with Crippen LogP contribution in [0.3, 0.4) is 0 Å². The van der Waals surface area contributed by atoms with Crippen molar-refractivity contribution in [2.75, 3.05) is 0 Å². The number of imidazole rings is 1. The number of ether oxygens (including phenoxy) is 1. The lowest BCUT2D eigenvalue weighted by molar-refractivity contribution is -0.192. The van der Waals surface area contributed by atoms with Gasteiger partial charge in [-0.25, -0.2) is 9.78 Å². The molecule has 0 bridgehead atoms. The van der Waals surface area contributed by atoms with Gasteiger partial charge >= 0.3 is 12.1 Å². The molecule has 0 saturated heterocycles. The van der Waals surface area contributed by atoms with Gasteiger partial charge in [0.25, 0.3) is 0 Å². The highest BCUT2D eigenvalue weighted by Crippen LogP contribution is 2.24. The van der Waals surface area contributed by atoms with Crippen molar-refractivity contribution in [2.24, 2.45) is 0 Å². The SMILES string of the molecule is Cc1ccc(CNCc2ccc(Oc3ccc4nc[nH]c4c3)cc2)cc1.O=C(O)C(F)(F)F. The Morgan fingerprint density at radius 1 is 0.970 bits per heavy atom. The predicted molar refractivity (Wildman–Crippen MR) is 118 cm³/mol. The zero-order valence-electron chi connectivity index (χ0n) is 17.7. The summed E-state index contributed by atoms with van der Waals surface area (Å²) in [5.74, 6) is -1.13. The van der Waals surface area contributed by atoms with Gasteiger partial charge in [0, 0.05) is 19.2 Å². The summed E-state index contributed by atoms with van der Waals surface area (Å²) in [6.45, 7) is 3.80. The van der Waals surface area contributed by atoms with Crippen molar-refractivity contribution in [3.8, 4) is 11.5 Å². The van der Waals surface area contributed by atoms with Crippen LogP contribution >= 0.6 is 0 Å². The molecule has 0 unspecified atom stereocenters. The van der Waals surface area contributed by atoms with Gasteiger partial charge in [-0.05, 0) is 42.3 Å². The molecule has 0 saturated carbocycles. The quantitative estimate of drug-likeness (QED) is 0.352. The van der Waals surface area contributed by atoms with Crippen LogP contribution in [0.15, 0.2) is 73.1 Å². The summed E-state index contributed by atoms with van der Waals surface area (Å²) in [6.07, 6.45) is -3.40. The molecule has 4 rings (SSSR count). The number of alkyl halides is 3. The van der Waals surface area contributed by atoms with E-state index in [4.69, 9.17) is 14.6 Å². The largest absolute Gasteiger partial charge is 0.490 e. The Bertz CT molecular complexity index is 1190. The van der Waals surface area contributed by atoms with E-state index in [2.05, 4.69) is 58.6 Å². The highest BCUT2D eigenvalue weighted by Gasteiger charge is 2.38. The fraction of sp³-hybridized carbons (Fsp3) is 0.167. The number of aliphatic carboxylic acids is 1. The number of carbonyl (C=O) groups is 1. The van der Waals surface area contributed by atoms with Crippen LogP contribution in [0.25, 0.3) is 11.0 Å². The van der Waals surface area contributed by atoms with Crippen molar-refractivity contribution in [3.63, 3.8) is 0 Å². The van der Waals surface area contributed by atoms with E-state index in [1.807, 2.05) is 30.3 Å². The summed E-state index contributed by atoms with van der Waals surface area (Å²) in [6, 6.07) is 22.6. The van der Waals surface area contributed by atoms with E-state index >= 15 is 0 Å². The van der Waals surface area contributed by atoms with E-state index in [1.165, 1.54) is 16.7 Å².